The normalized spacial score (nSPS) is 14.2. The largest absolute Gasteiger partial charge is 0.357 e. The van der Waals surface area contributed by atoms with Gasteiger partial charge in [-0.05, 0) is 37.1 Å². The number of pyridine rings is 1. The van der Waals surface area contributed by atoms with E-state index in [1.807, 2.05) is 12.1 Å². The predicted octanol–water partition coefficient (Wildman–Crippen LogP) is 4.24. The summed E-state index contributed by atoms with van der Waals surface area (Å²) in [5, 5.41) is 3.39. The van der Waals surface area contributed by atoms with Gasteiger partial charge < -0.3 is 10.2 Å². The van der Waals surface area contributed by atoms with Gasteiger partial charge in [-0.15, -0.1) is 0 Å². The van der Waals surface area contributed by atoms with Gasteiger partial charge in [-0.3, -0.25) is 4.79 Å². The van der Waals surface area contributed by atoms with Crippen molar-refractivity contribution in [2.75, 3.05) is 23.3 Å². The van der Waals surface area contributed by atoms with Crippen LogP contribution in [0.2, 0.25) is 10.0 Å². The van der Waals surface area contributed by atoms with Crippen molar-refractivity contribution in [2.24, 2.45) is 0 Å². The molecule has 1 aromatic heterocycles. The molecule has 1 fully saturated rings. The summed E-state index contributed by atoms with van der Waals surface area (Å²) in [5.74, 6) is 0.638. The Balaban J connectivity index is 1.72. The first-order valence-corrected chi connectivity index (χ1v) is 7.87. The van der Waals surface area contributed by atoms with E-state index in [4.69, 9.17) is 23.2 Å². The van der Waals surface area contributed by atoms with Crippen LogP contribution >= 0.6 is 23.2 Å². The van der Waals surface area contributed by atoms with Crippen molar-refractivity contribution in [3.05, 3.63) is 52.1 Å². The summed E-state index contributed by atoms with van der Waals surface area (Å²) in [6.45, 7) is 2.08. The van der Waals surface area contributed by atoms with Crippen molar-refractivity contribution in [1.82, 2.24) is 4.98 Å². The summed E-state index contributed by atoms with van der Waals surface area (Å²) in [5.41, 5.74) is 0.974. The van der Waals surface area contributed by atoms with Crippen LogP contribution in [-0.2, 0) is 0 Å². The van der Waals surface area contributed by atoms with Crippen LogP contribution in [0.15, 0.2) is 36.5 Å². The first kappa shape index (κ1) is 15.1. The molecule has 1 aliphatic heterocycles. The Morgan fingerprint density at radius 2 is 1.91 bits per heavy atom. The van der Waals surface area contributed by atoms with Crippen LogP contribution in [0.4, 0.5) is 11.5 Å². The zero-order chi connectivity index (χ0) is 15.5. The molecule has 1 saturated heterocycles. The zero-order valence-electron chi connectivity index (χ0n) is 11.9. The summed E-state index contributed by atoms with van der Waals surface area (Å²) in [4.78, 5) is 18.9. The maximum Gasteiger partial charge on any atom is 0.257 e. The number of nitrogens with zero attached hydrogens (tertiary/aromatic N) is 2. The number of benzene rings is 1. The third-order valence-electron chi connectivity index (χ3n) is 3.63. The van der Waals surface area contributed by atoms with Gasteiger partial charge in [-0.2, -0.15) is 0 Å². The van der Waals surface area contributed by atoms with Crippen molar-refractivity contribution >= 4 is 40.6 Å². The Morgan fingerprint density at radius 3 is 2.59 bits per heavy atom. The molecule has 1 aromatic carbocycles. The number of hydrogen-bond acceptors (Lipinski definition) is 3. The van der Waals surface area contributed by atoms with E-state index in [1.54, 1.807) is 24.4 Å². The molecular weight excluding hydrogens is 321 g/mol. The van der Waals surface area contributed by atoms with Crippen LogP contribution in [0.3, 0.4) is 0 Å². The Morgan fingerprint density at radius 1 is 1.14 bits per heavy atom. The molecule has 0 radical (unpaired) electrons. The zero-order valence-corrected chi connectivity index (χ0v) is 13.4. The molecule has 6 heteroatoms. The predicted molar refractivity (Wildman–Crippen MR) is 90.1 cm³/mol. The van der Waals surface area contributed by atoms with Crippen molar-refractivity contribution in [3.63, 3.8) is 0 Å². The molecule has 0 saturated carbocycles. The van der Waals surface area contributed by atoms with E-state index in [-0.39, 0.29) is 10.9 Å². The van der Waals surface area contributed by atoms with Gasteiger partial charge in [0, 0.05) is 13.1 Å². The summed E-state index contributed by atoms with van der Waals surface area (Å²) in [6, 6.07) is 8.73. The van der Waals surface area contributed by atoms with E-state index in [0.717, 1.165) is 18.9 Å². The Kier molecular flexibility index (Phi) is 4.50. The number of nitrogens with one attached hydrogen (secondary N) is 1. The molecule has 0 spiro atoms. The molecule has 0 unspecified atom stereocenters. The number of rotatable bonds is 3. The molecular formula is C16H15Cl2N3O. The lowest BCUT2D eigenvalue weighted by Gasteiger charge is -2.16. The van der Waals surface area contributed by atoms with Gasteiger partial charge in [-0.1, -0.05) is 29.3 Å². The molecule has 3 rings (SSSR count). The minimum atomic E-state index is -0.303. The third-order valence-corrected chi connectivity index (χ3v) is 4.45. The fourth-order valence-electron chi connectivity index (χ4n) is 2.47. The van der Waals surface area contributed by atoms with E-state index in [9.17, 15) is 4.79 Å². The lowest BCUT2D eigenvalue weighted by Crippen LogP contribution is -2.19. The van der Waals surface area contributed by atoms with E-state index in [1.165, 1.54) is 12.8 Å². The molecule has 2 aromatic rings. The van der Waals surface area contributed by atoms with Gasteiger partial charge in [0.05, 0.1) is 27.5 Å². The molecule has 1 amide bonds. The number of halogens is 2. The fourth-order valence-corrected chi connectivity index (χ4v) is 2.86. The smallest absolute Gasteiger partial charge is 0.257 e. The number of amides is 1. The second-order valence-electron chi connectivity index (χ2n) is 5.15. The highest BCUT2D eigenvalue weighted by Crippen LogP contribution is 2.26. The van der Waals surface area contributed by atoms with Crippen LogP contribution < -0.4 is 10.2 Å². The quantitative estimate of drug-likeness (QED) is 0.912. The summed E-state index contributed by atoms with van der Waals surface area (Å²) >= 11 is 12.0. The van der Waals surface area contributed by atoms with Gasteiger partial charge >= 0.3 is 0 Å². The number of anilines is 2. The Bertz CT molecular complexity index is 682. The maximum absolute atomic E-state index is 12.2. The fraction of sp³-hybridized carbons (Fsp3) is 0.250. The average Bonchev–Trinajstić information content (AvgIpc) is 3.05. The molecule has 1 aliphatic rings. The van der Waals surface area contributed by atoms with E-state index in [0.29, 0.717) is 16.3 Å². The second kappa shape index (κ2) is 6.55. The molecule has 0 aliphatic carbocycles. The minimum Gasteiger partial charge on any atom is -0.357 e. The maximum atomic E-state index is 12.2. The molecule has 0 bridgehead atoms. The first-order valence-electron chi connectivity index (χ1n) is 7.11. The number of carbonyl (C=O) groups is 1. The van der Waals surface area contributed by atoms with Crippen LogP contribution in [-0.4, -0.2) is 24.0 Å². The molecule has 114 valence electrons. The van der Waals surface area contributed by atoms with Crippen LogP contribution in [0, 0.1) is 0 Å². The van der Waals surface area contributed by atoms with Gasteiger partial charge in [0.25, 0.3) is 5.91 Å². The van der Waals surface area contributed by atoms with Gasteiger partial charge in [-0.25, -0.2) is 4.98 Å². The minimum absolute atomic E-state index is 0.253. The van der Waals surface area contributed by atoms with Crippen LogP contribution in [0.1, 0.15) is 23.2 Å². The lowest BCUT2D eigenvalue weighted by molar-refractivity contribution is 0.102. The van der Waals surface area contributed by atoms with E-state index in [2.05, 4.69) is 15.2 Å². The van der Waals surface area contributed by atoms with Crippen molar-refractivity contribution in [3.8, 4) is 0 Å². The SMILES string of the molecule is O=C(Nc1ccc(N2CCCC2)nc1)c1cccc(Cl)c1Cl. The van der Waals surface area contributed by atoms with Gasteiger partial charge in [0.1, 0.15) is 5.82 Å². The standard InChI is InChI=1S/C16H15Cl2N3O/c17-13-5-3-4-12(15(13)18)16(22)20-11-6-7-14(19-10-11)21-8-1-2-9-21/h3-7,10H,1-2,8-9H2,(H,20,22). The van der Waals surface area contributed by atoms with Gasteiger partial charge in [0.2, 0.25) is 0 Å². The highest BCUT2D eigenvalue weighted by Gasteiger charge is 2.15. The van der Waals surface area contributed by atoms with Crippen molar-refractivity contribution in [2.45, 2.75) is 12.8 Å². The molecule has 2 heterocycles. The number of hydrogen-bond donors (Lipinski definition) is 1. The second-order valence-corrected chi connectivity index (χ2v) is 5.94. The topological polar surface area (TPSA) is 45.2 Å². The van der Waals surface area contributed by atoms with Crippen LogP contribution in [0.25, 0.3) is 0 Å². The summed E-state index contributed by atoms with van der Waals surface area (Å²) in [7, 11) is 0. The Hall–Kier alpha value is -1.78. The van der Waals surface area contributed by atoms with Crippen molar-refractivity contribution < 1.29 is 4.79 Å². The highest BCUT2D eigenvalue weighted by atomic mass is 35.5. The van der Waals surface area contributed by atoms with E-state index >= 15 is 0 Å². The van der Waals surface area contributed by atoms with Crippen LogP contribution in [0.5, 0.6) is 0 Å². The lowest BCUT2D eigenvalue weighted by atomic mass is 10.2. The number of carbonyl (C=O) groups excluding carboxylic acids is 1. The third kappa shape index (κ3) is 3.18. The summed E-state index contributed by atoms with van der Waals surface area (Å²) < 4.78 is 0. The highest BCUT2D eigenvalue weighted by molar-refractivity contribution is 6.44. The molecule has 4 nitrogen and oxygen atoms in total. The Labute approximate surface area is 139 Å². The molecule has 1 N–H and O–H groups in total. The van der Waals surface area contributed by atoms with Crippen molar-refractivity contribution in [1.29, 1.82) is 0 Å². The first-order chi connectivity index (χ1) is 10.6. The summed E-state index contributed by atoms with van der Waals surface area (Å²) in [6.07, 6.45) is 4.06. The monoisotopic (exact) mass is 335 g/mol. The number of aromatic nitrogens is 1. The van der Waals surface area contributed by atoms with Gasteiger partial charge in [0.15, 0.2) is 0 Å². The molecule has 0 atom stereocenters. The molecule has 22 heavy (non-hydrogen) atoms. The average molecular weight is 336 g/mol. The van der Waals surface area contributed by atoms with E-state index < -0.39 is 0 Å².